The molecule has 0 bridgehead atoms. The molecule has 2 rings (SSSR count). The number of rotatable bonds is 5. The van der Waals surface area contributed by atoms with Crippen LogP contribution >= 0.6 is 0 Å². The smallest absolute Gasteiger partial charge is 0.133 e. The molecule has 2 N–H and O–H groups in total. The van der Waals surface area contributed by atoms with Crippen molar-refractivity contribution >= 4 is 0 Å². The topological polar surface area (TPSA) is 53.6 Å². The van der Waals surface area contributed by atoms with E-state index in [1.807, 2.05) is 37.8 Å². The Morgan fingerprint density at radius 2 is 2.17 bits per heavy atom. The van der Waals surface area contributed by atoms with E-state index in [1.54, 1.807) is 0 Å². The molecule has 0 aliphatic rings. The van der Waals surface area contributed by atoms with Crippen LogP contribution in [0.5, 0.6) is 0 Å². The first kappa shape index (κ1) is 12.8. The summed E-state index contributed by atoms with van der Waals surface area (Å²) in [6.45, 7) is 5.30. The van der Waals surface area contributed by atoms with Crippen molar-refractivity contribution in [2.24, 2.45) is 5.92 Å². The van der Waals surface area contributed by atoms with Crippen LogP contribution in [-0.4, -0.2) is 28.5 Å². The van der Waals surface area contributed by atoms with Crippen molar-refractivity contribution in [2.45, 2.75) is 19.8 Å². The van der Waals surface area contributed by atoms with Gasteiger partial charge in [0.25, 0.3) is 0 Å². The van der Waals surface area contributed by atoms with E-state index >= 15 is 0 Å². The largest absolute Gasteiger partial charge is 0.367 e. The van der Waals surface area contributed by atoms with Gasteiger partial charge in [-0.05, 0) is 25.1 Å². The molecule has 2 aromatic heterocycles. The van der Waals surface area contributed by atoms with Gasteiger partial charge in [-0.1, -0.05) is 13.8 Å². The Hall–Kier alpha value is -1.68. The van der Waals surface area contributed by atoms with E-state index in [0.717, 1.165) is 23.6 Å². The molecule has 0 aromatic carbocycles. The van der Waals surface area contributed by atoms with Crippen LogP contribution in [0.15, 0.2) is 30.7 Å². The lowest BCUT2D eigenvalue weighted by Crippen LogP contribution is -2.23. The Morgan fingerprint density at radius 1 is 1.33 bits per heavy atom. The van der Waals surface area contributed by atoms with Gasteiger partial charge in [0.05, 0.1) is 5.69 Å². The molecule has 0 aliphatic carbocycles. The third-order valence-electron chi connectivity index (χ3n) is 3.13. The summed E-state index contributed by atoms with van der Waals surface area (Å²) in [7, 11) is 1.96. The third kappa shape index (κ3) is 2.76. The fourth-order valence-electron chi connectivity index (χ4n) is 2.04. The second-order valence-electron chi connectivity index (χ2n) is 4.81. The molecular formula is C14H20N4. The van der Waals surface area contributed by atoms with Gasteiger partial charge in [0.1, 0.15) is 5.82 Å². The maximum atomic E-state index is 4.68. The lowest BCUT2D eigenvalue weighted by atomic mass is 9.95. The van der Waals surface area contributed by atoms with Gasteiger partial charge in [0, 0.05) is 36.6 Å². The summed E-state index contributed by atoms with van der Waals surface area (Å²) in [5.74, 6) is 1.77. The number of aromatic nitrogens is 3. The minimum Gasteiger partial charge on any atom is -0.367 e. The molecule has 0 aliphatic heterocycles. The van der Waals surface area contributed by atoms with E-state index in [9.17, 15) is 0 Å². The fraction of sp³-hybridized carbons (Fsp3) is 0.429. The summed E-state index contributed by atoms with van der Waals surface area (Å²) in [5.41, 5.74) is 2.08. The summed E-state index contributed by atoms with van der Waals surface area (Å²) in [5, 5.41) is 3.22. The molecule has 2 aromatic rings. The number of aromatic amines is 1. The molecule has 18 heavy (non-hydrogen) atoms. The molecule has 0 spiro atoms. The van der Waals surface area contributed by atoms with Crippen molar-refractivity contribution in [2.75, 3.05) is 13.6 Å². The van der Waals surface area contributed by atoms with Crippen molar-refractivity contribution < 1.29 is 0 Å². The summed E-state index contributed by atoms with van der Waals surface area (Å²) < 4.78 is 0. The van der Waals surface area contributed by atoms with Gasteiger partial charge < -0.3 is 10.3 Å². The highest BCUT2D eigenvalue weighted by atomic mass is 14.9. The summed E-state index contributed by atoms with van der Waals surface area (Å²) in [6.07, 6.45) is 5.70. The molecule has 0 saturated heterocycles. The normalized spacial score (nSPS) is 12.9. The van der Waals surface area contributed by atoms with E-state index in [4.69, 9.17) is 0 Å². The zero-order chi connectivity index (χ0) is 13.0. The highest BCUT2D eigenvalue weighted by Gasteiger charge is 2.18. The molecule has 0 amide bonds. The monoisotopic (exact) mass is 244 g/mol. The maximum Gasteiger partial charge on any atom is 0.133 e. The number of H-pyrrole nitrogens is 1. The Balaban J connectivity index is 2.31. The number of nitrogens with one attached hydrogen (secondary N) is 2. The van der Waals surface area contributed by atoms with Crippen molar-refractivity contribution in [1.29, 1.82) is 0 Å². The molecule has 96 valence electrons. The second-order valence-corrected chi connectivity index (χ2v) is 4.81. The van der Waals surface area contributed by atoms with Crippen molar-refractivity contribution in [3.8, 4) is 11.3 Å². The van der Waals surface area contributed by atoms with Crippen LogP contribution in [0.3, 0.4) is 0 Å². The fourth-order valence-corrected chi connectivity index (χ4v) is 2.04. The predicted octanol–water partition coefficient (Wildman–Crippen LogP) is 2.43. The number of nitrogens with zero attached hydrogens (tertiary/aromatic N) is 2. The van der Waals surface area contributed by atoms with Crippen LogP contribution in [0.1, 0.15) is 25.6 Å². The van der Waals surface area contributed by atoms with Gasteiger partial charge in [0.15, 0.2) is 0 Å². The number of likely N-dealkylation sites (N-methyl/N-ethyl adjacent to an activating group) is 1. The van der Waals surface area contributed by atoms with Gasteiger partial charge in [-0.2, -0.15) is 0 Å². The molecule has 1 atom stereocenters. The van der Waals surface area contributed by atoms with Crippen LogP contribution in [0.2, 0.25) is 0 Å². The average molecular weight is 244 g/mol. The Morgan fingerprint density at radius 3 is 2.78 bits per heavy atom. The molecule has 0 fully saturated rings. The minimum absolute atomic E-state index is 0.342. The van der Waals surface area contributed by atoms with Gasteiger partial charge in [-0.3, -0.25) is 0 Å². The number of hydrogen-bond donors (Lipinski definition) is 2. The first-order chi connectivity index (χ1) is 8.72. The third-order valence-corrected chi connectivity index (χ3v) is 3.13. The van der Waals surface area contributed by atoms with Crippen LogP contribution in [0.4, 0.5) is 0 Å². The van der Waals surface area contributed by atoms with E-state index in [-0.39, 0.29) is 0 Å². The zero-order valence-corrected chi connectivity index (χ0v) is 11.1. The number of hydrogen-bond acceptors (Lipinski definition) is 3. The summed E-state index contributed by atoms with van der Waals surface area (Å²) in [4.78, 5) is 12.2. The predicted molar refractivity (Wildman–Crippen MR) is 73.3 cm³/mol. The zero-order valence-electron chi connectivity index (χ0n) is 11.1. The minimum atomic E-state index is 0.342. The van der Waals surface area contributed by atoms with Crippen molar-refractivity contribution in [3.63, 3.8) is 0 Å². The molecule has 4 heteroatoms. The van der Waals surface area contributed by atoms with E-state index in [2.05, 4.69) is 34.1 Å². The highest BCUT2D eigenvalue weighted by Crippen LogP contribution is 2.23. The Labute approximate surface area is 108 Å². The van der Waals surface area contributed by atoms with E-state index < -0.39 is 0 Å². The van der Waals surface area contributed by atoms with Crippen LogP contribution in [0.25, 0.3) is 11.3 Å². The quantitative estimate of drug-likeness (QED) is 0.849. The van der Waals surface area contributed by atoms with Gasteiger partial charge in [-0.25, -0.2) is 9.97 Å². The van der Waals surface area contributed by atoms with Gasteiger partial charge in [0.2, 0.25) is 0 Å². The Kier molecular flexibility index (Phi) is 4.10. The van der Waals surface area contributed by atoms with E-state index in [0.29, 0.717) is 11.8 Å². The second kappa shape index (κ2) is 5.78. The summed E-state index contributed by atoms with van der Waals surface area (Å²) in [6, 6.07) is 3.97. The van der Waals surface area contributed by atoms with Gasteiger partial charge >= 0.3 is 0 Å². The molecule has 1 unspecified atom stereocenters. The first-order valence-electron chi connectivity index (χ1n) is 6.33. The average Bonchev–Trinajstić information content (AvgIpc) is 2.89. The van der Waals surface area contributed by atoms with E-state index in [1.165, 1.54) is 0 Å². The molecule has 0 radical (unpaired) electrons. The maximum absolute atomic E-state index is 4.68. The SMILES string of the molecule is CNCC(c1nccc(-c2cc[nH]c2)n1)C(C)C. The first-order valence-corrected chi connectivity index (χ1v) is 6.33. The van der Waals surface area contributed by atoms with Crippen LogP contribution < -0.4 is 5.32 Å². The standard InChI is InChI=1S/C14H20N4/c1-10(2)12(9-15-3)14-17-7-5-13(18-14)11-4-6-16-8-11/h4-8,10,12,15-16H,9H2,1-3H3. The molecule has 2 heterocycles. The molecule has 4 nitrogen and oxygen atoms in total. The van der Waals surface area contributed by atoms with Crippen molar-refractivity contribution in [3.05, 3.63) is 36.5 Å². The summed E-state index contributed by atoms with van der Waals surface area (Å²) >= 11 is 0. The lowest BCUT2D eigenvalue weighted by molar-refractivity contribution is 0.458. The molecule has 0 saturated carbocycles. The van der Waals surface area contributed by atoms with Crippen LogP contribution in [-0.2, 0) is 0 Å². The highest BCUT2D eigenvalue weighted by molar-refractivity contribution is 5.57. The lowest BCUT2D eigenvalue weighted by Gasteiger charge is -2.19. The van der Waals surface area contributed by atoms with Crippen molar-refractivity contribution in [1.82, 2.24) is 20.3 Å². The van der Waals surface area contributed by atoms with Crippen LogP contribution in [0, 0.1) is 5.92 Å². The molecular weight excluding hydrogens is 224 g/mol. The van der Waals surface area contributed by atoms with Gasteiger partial charge in [-0.15, -0.1) is 0 Å². The Bertz CT molecular complexity index is 476.